The Balaban J connectivity index is 1.49. The minimum atomic E-state index is -0.418. The van der Waals surface area contributed by atoms with E-state index in [1.165, 1.54) is 48.9 Å². The van der Waals surface area contributed by atoms with Crippen molar-refractivity contribution in [2.45, 2.75) is 84.0 Å². The Morgan fingerprint density at radius 3 is 2.15 bits per heavy atom. The highest BCUT2D eigenvalue weighted by Gasteiger charge is 2.54. The number of nitrogens with one attached hydrogen (secondary N) is 1. The maximum absolute atomic E-state index is 6.58. The van der Waals surface area contributed by atoms with Crippen molar-refractivity contribution in [1.82, 2.24) is 0 Å². The molecule has 210 valence electrons. The van der Waals surface area contributed by atoms with Gasteiger partial charge in [0.15, 0.2) is 0 Å². The second kappa shape index (κ2) is 11.7. The highest BCUT2D eigenvalue weighted by Crippen LogP contribution is 2.47. The summed E-state index contributed by atoms with van der Waals surface area (Å²) in [5.74, 6) is 0.704. The fourth-order valence-corrected chi connectivity index (χ4v) is 6.50. The number of hydrogen-bond acceptors (Lipinski definition) is 5. The summed E-state index contributed by atoms with van der Waals surface area (Å²) in [5.41, 5.74) is 5.28. The van der Waals surface area contributed by atoms with Gasteiger partial charge < -0.3 is 24.3 Å². The third-order valence-corrected chi connectivity index (χ3v) is 9.59. The van der Waals surface area contributed by atoms with Crippen molar-refractivity contribution in [1.29, 1.82) is 0 Å². The first-order valence-corrected chi connectivity index (χ1v) is 15.0. The van der Waals surface area contributed by atoms with Crippen LogP contribution in [0.25, 0.3) is 0 Å². The van der Waals surface area contributed by atoms with Crippen LogP contribution in [0.5, 0.6) is 0 Å². The first-order chi connectivity index (χ1) is 18.7. The fourth-order valence-electron chi connectivity index (χ4n) is 6.50. The highest BCUT2D eigenvalue weighted by molar-refractivity contribution is 6.54. The van der Waals surface area contributed by atoms with Crippen LogP contribution in [-0.2, 0) is 14.0 Å². The number of aryl methyl sites for hydroxylation is 1. The van der Waals surface area contributed by atoms with E-state index in [1.54, 1.807) is 0 Å². The Hall–Kier alpha value is -2.28. The van der Waals surface area contributed by atoms with Gasteiger partial charge in [0.2, 0.25) is 0 Å². The Labute approximate surface area is 236 Å². The van der Waals surface area contributed by atoms with Crippen molar-refractivity contribution in [3.05, 3.63) is 71.7 Å². The van der Waals surface area contributed by atoms with Crippen LogP contribution in [0.15, 0.2) is 60.6 Å². The lowest BCUT2D eigenvalue weighted by atomic mass is 9.61. The molecule has 2 unspecified atom stereocenters. The monoisotopic (exact) mass is 530 g/mol. The molecule has 5 rings (SSSR count). The zero-order valence-electron chi connectivity index (χ0n) is 24.7. The second-order valence-corrected chi connectivity index (χ2v) is 12.7. The number of ether oxygens (including phenoxy) is 1. The predicted octanol–water partition coefficient (Wildman–Crippen LogP) is 7.37. The normalized spacial score (nSPS) is 22.9. The molecule has 2 aromatic carbocycles. The molecule has 39 heavy (non-hydrogen) atoms. The van der Waals surface area contributed by atoms with E-state index in [1.807, 2.05) is 0 Å². The Kier molecular flexibility index (Phi) is 8.47. The van der Waals surface area contributed by atoms with Crippen molar-refractivity contribution in [2.24, 2.45) is 11.8 Å². The van der Waals surface area contributed by atoms with Crippen molar-refractivity contribution in [3.63, 3.8) is 0 Å². The molecule has 2 atom stereocenters. The van der Waals surface area contributed by atoms with Gasteiger partial charge >= 0.3 is 7.12 Å². The van der Waals surface area contributed by atoms with Crippen LogP contribution in [0.4, 0.5) is 11.4 Å². The fraction of sp³-hybridized carbons (Fsp3) is 0.576. The van der Waals surface area contributed by atoms with Crippen molar-refractivity contribution in [3.8, 4) is 0 Å². The van der Waals surface area contributed by atoms with E-state index < -0.39 is 18.3 Å². The Morgan fingerprint density at radius 2 is 1.54 bits per heavy atom. The average molecular weight is 531 g/mol. The summed E-state index contributed by atoms with van der Waals surface area (Å²) in [6.07, 6.45) is 6.28. The molecule has 0 bridgehead atoms. The van der Waals surface area contributed by atoms with E-state index in [0.717, 1.165) is 37.5 Å². The minimum absolute atomic E-state index is 0.0649. The van der Waals surface area contributed by atoms with Gasteiger partial charge in [-0.15, -0.1) is 6.58 Å². The largest absolute Gasteiger partial charge is 0.490 e. The third-order valence-electron chi connectivity index (χ3n) is 9.59. The summed E-state index contributed by atoms with van der Waals surface area (Å²) in [5, 5.41) is 3.99. The molecular weight excluding hydrogens is 483 g/mol. The first-order valence-electron chi connectivity index (χ1n) is 15.0. The molecule has 1 saturated carbocycles. The van der Waals surface area contributed by atoms with Gasteiger partial charge in [-0.25, -0.2) is 0 Å². The molecule has 1 N–H and O–H groups in total. The predicted molar refractivity (Wildman–Crippen MR) is 162 cm³/mol. The molecule has 1 aliphatic carbocycles. The summed E-state index contributed by atoms with van der Waals surface area (Å²) < 4.78 is 18.7. The maximum atomic E-state index is 6.58. The Bertz CT molecular complexity index is 1100. The van der Waals surface area contributed by atoms with Crippen LogP contribution in [0, 0.1) is 18.8 Å². The average Bonchev–Trinajstić information content (AvgIpc) is 3.16. The smallest absolute Gasteiger partial charge is 0.400 e. The lowest BCUT2D eigenvalue weighted by Crippen LogP contribution is -2.41. The standard InChI is InChI=1S/C33H47BN2O3/c1-24-12-10-11-15-29(24)31(35-27-16-18-28(19-17-27)36-20-22-37-23-21-36)30(26-13-8-7-9-14-26)25(2)34-38-32(3,4)33(5,6)39-34/h10-12,15-19,26,30-31,35H,2,7-9,13-14,20-23H2,1,3-6H3. The minimum Gasteiger partial charge on any atom is -0.400 e. The molecule has 2 saturated heterocycles. The number of rotatable bonds is 8. The van der Waals surface area contributed by atoms with Gasteiger partial charge in [0.25, 0.3) is 0 Å². The molecule has 5 nitrogen and oxygen atoms in total. The summed E-state index contributed by atoms with van der Waals surface area (Å²) in [7, 11) is -0.418. The van der Waals surface area contributed by atoms with Gasteiger partial charge in [-0.3, -0.25) is 0 Å². The van der Waals surface area contributed by atoms with Gasteiger partial charge in [0, 0.05) is 30.4 Å². The first kappa shape index (κ1) is 28.3. The van der Waals surface area contributed by atoms with E-state index in [4.69, 9.17) is 20.6 Å². The van der Waals surface area contributed by atoms with Crippen molar-refractivity contribution < 1.29 is 14.0 Å². The molecule has 2 heterocycles. The van der Waals surface area contributed by atoms with Gasteiger partial charge in [0.1, 0.15) is 0 Å². The molecule has 0 amide bonds. The molecule has 2 aromatic rings. The van der Waals surface area contributed by atoms with E-state index in [9.17, 15) is 0 Å². The lowest BCUT2D eigenvalue weighted by molar-refractivity contribution is 0.00578. The molecule has 2 aliphatic heterocycles. The van der Waals surface area contributed by atoms with Gasteiger partial charge in [-0.1, -0.05) is 43.5 Å². The van der Waals surface area contributed by atoms with Crippen molar-refractivity contribution >= 4 is 18.5 Å². The number of hydrogen-bond donors (Lipinski definition) is 1. The molecule has 0 aromatic heterocycles. The molecule has 0 radical (unpaired) electrons. The maximum Gasteiger partial charge on any atom is 0.490 e. The topological polar surface area (TPSA) is 43.0 Å². The highest BCUT2D eigenvalue weighted by atomic mass is 16.7. The number of morpholine rings is 1. The van der Waals surface area contributed by atoms with Crippen molar-refractivity contribution in [2.75, 3.05) is 36.5 Å². The number of benzene rings is 2. The SMILES string of the molecule is C=C(B1OC(C)(C)C(C)(C)O1)C(C1CCCCC1)C(Nc1ccc(N2CCOCC2)cc1)c1ccccc1C. The summed E-state index contributed by atoms with van der Waals surface area (Å²) in [6, 6.07) is 17.8. The van der Waals surface area contributed by atoms with E-state index in [-0.39, 0.29) is 12.0 Å². The lowest BCUT2D eigenvalue weighted by Gasteiger charge is -2.39. The quantitative estimate of drug-likeness (QED) is 0.361. The number of nitrogens with zero attached hydrogens (tertiary/aromatic N) is 1. The second-order valence-electron chi connectivity index (χ2n) is 12.7. The van der Waals surface area contributed by atoms with Crippen LogP contribution >= 0.6 is 0 Å². The van der Waals surface area contributed by atoms with Crippen LogP contribution in [-0.4, -0.2) is 44.6 Å². The van der Waals surface area contributed by atoms with E-state index in [2.05, 4.69) is 93.4 Å². The number of anilines is 2. The van der Waals surface area contributed by atoms with Gasteiger partial charge in [-0.2, -0.15) is 0 Å². The zero-order valence-corrected chi connectivity index (χ0v) is 24.7. The van der Waals surface area contributed by atoms with Crippen LogP contribution in [0.3, 0.4) is 0 Å². The molecule has 3 aliphatic rings. The molecule has 3 fully saturated rings. The van der Waals surface area contributed by atoms with Crippen LogP contribution in [0.1, 0.15) is 77.0 Å². The van der Waals surface area contributed by atoms with E-state index in [0.29, 0.717) is 5.92 Å². The molecular formula is C33H47BN2O3. The third kappa shape index (κ3) is 6.08. The van der Waals surface area contributed by atoms with Gasteiger partial charge in [-0.05, 0) is 94.2 Å². The van der Waals surface area contributed by atoms with Crippen LogP contribution in [0.2, 0.25) is 0 Å². The molecule has 0 spiro atoms. The van der Waals surface area contributed by atoms with E-state index >= 15 is 0 Å². The van der Waals surface area contributed by atoms with Crippen LogP contribution < -0.4 is 10.2 Å². The van der Waals surface area contributed by atoms with Gasteiger partial charge in [0.05, 0.1) is 30.5 Å². The molecule has 6 heteroatoms. The summed E-state index contributed by atoms with van der Waals surface area (Å²) >= 11 is 0. The zero-order chi connectivity index (χ0) is 27.6. The summed E-state index contributed by atoms with van der Waals surface area (Å²) in [4.78, 5) is 2.40. The Morgan fingerprint density at radius 1 is 0.923 bits per heavy atom. The summed E-state index contributed by atoms with van der Waals surface area (Å²) in [6.45, 7) is 18.9.